The van der Waals surface area contributed by atoms with Gasteiger partial charge >= 0.3 is 0 Å². The lowest BCUT2D eigenvalue weighted by atomic mass is 9.95. The molecule has 5 N–H and O–H groups in total. The van der Waals surface area contributed by atoms with E-state index in [-0.39, 0.29) is 5.69 Å². The van der Waals surface area contributed by atoms with E-state index in [1.165, 1.54) is 12.1 Å². The summed E-state index contributed by atoms with van der Waals surface area (Å²) in [6.07, 6.45) is -4.98. The lowest BCUT2D eigenvalue weighted by Crippen LogP contribution is -2.58. The van der Waals surface area contributed by atoms with Crippen molar-refractivity contribution < 1.29 is 30.1 Å². The number of aliphatic hydroxyl groups is 4. The molecule has 160 valence electrons. The Kier molecular flexibility index (Phi) is 5.69. The average molecular weight is 425 g/mol. The van der Waals surface area contributed by atoms with Crippen LogP contribution >= 0.6 is 0 Å². The van der Waals surface area contributed by atoms with Gasteiger partial charge in [-0.3, -0.25) is 15.2 Å². The quantitative estimate of drug-likeness (QED) is 0.228. The van der Waals surface area contributed by atoms with Gasteiger partial charge in [-0.25, -0.2) is 0 Å². The molecule has 4 rings (SSSR count). The molecule has 0 bridgehead atoms. The van der Waals surface area contributed by atoms with Crippen molar-refractivity contribution in [2.45, 2.75) is 30.5 Å². The number of rotatable bonds is 3. The molecule has 5 atom stereocenters. The second-order valence-corrected chi connectivity index (χ2v) is 7.18. The van der Waals surface area contributed by atoms with E-state index in [0.29, 0.717) is 11.1 Å². The molecule has 1 aromatic heterocycles. The van der Waals surface area contributed by atoms with Crippen molar-refractivity contribution in [1.82, 2.24) is 10.2 Å². The highest BCUT2D eigenvalue weighted by Gasteiger charge is 2.42. The van der Waals surface area contributed by atoms with Crippen LogP contribution in [-0.2, 0) is 4.74 Å². The van der Waals surface area contributed by atoms with Gasteiger partial charge in [-0.15, -0.1) is 0 Å². The molecule has 1 aliphatic rings. The van der Waals surface area contributed by atoms with Gasteiger partial charge in [0.25, 0.3) is 5.69 Å². The normalized spacial score (nSPS) is 25.7. The number of hydrogen-bond donors (Lipinski definition) is 5. The first kappa shape index (κ1) is 20.9. The molecule has 0 aliphatic carbocycles. The molecular weight excluding hydrogens is 406 g/mol. The topological polar surface area (TPSA) is 162 Å². The predicted octanol–water partition coefficient (Wildman–Crippen LogP) is 0.332. The molecule has 10 heteroatoms. The third-order valence-corrected chi connectivity index (χ3v) is 5.20. The first-order valence-corrected chi connectivity index (χ1v) is 9.43. The Bertz CT molecular complexity index is 1160. The minimum Gasteiger partial charge on any atom is -0.394 e. The molecule has 1 saturated heterocycles. The maximum atomic E-state index is 10.9. The van der Waals surface area contributed by atoms with Crippen molar-refractivity contribution in [3.05, 3.63) is 58.3 Å². The molecule has 1 fully saturated rings. The van der Waals surface area contributed by atoms with Gasteiger partial charge in [0.2, 0.25) is 0 Å². The largest absolute Gasteiger partial charge is 0.394 e. The summed E-state index contributed by atoms with van der Waals surface area (Å²) in [5.41, 5.74) is 2.64. The summed E-state index contributed by atoms with van der Waals surface area (Å²) in [5, 5.41) is 57.8. The highest BCUT2D eigenvalue weighted by molar-refractivity contribution is 5.89. The maximum Gasteiger partial charge on any atom is 0.269 e. The van der Waals surface area contributed by atoms with Gasteiger partial charge in [0.15, 0.2) is 0 Å². The van der Waals surface area contributed by atoms with E-state index in [4.69, 9.17) is 4.74 Å². The summed E-state index contributed by atoms with van der Waals surface area (Å²) in [5.74, 6) is 5.65. The summed E-state index contributed by atoms with van der Waals surface area (Å²) < 4.78 is 5.42. The average Bonchev–Trinajstić information content (AvgIpc) is 3.26. The van der Waals surface area contributed by atoms with E-state index in [1.54, 1.807) is 24.4 Å². The van der Waals surface area contributed by atoms with Crippen LogP contribution in [-0.4, -0.2) is 72.7 Å². The number of hydrogen-bond acceptors (Lipinski definition) is 8. The van der Waals surface area contributed by atoms with Gasteiger partial charge in [0, 0.05) is 17.5 Å². The number of nitrogens with zero attached hydrogens (tertiary/aromatic N) is 2. The van der Waals surface area contributed by atoms with E-state index in [0.717, 1.165) is 16.5 Å². The van der Waals surface area contributed by atoms with Crippen LogP contribution in [0, 0.1) is 22.0 Å². The number of non-ortho nitro benzene ring substituents is 1. The molecule has 0 radical (unpaired) electrons. The van der Waals surface area contributed by atoms with Crippen LogP contribution in [0.4, 0.5) is 5.69 Å². The number of aromatic amines is 1. The number of aliphatic hydroxyl groups excluding tert-OH is 4. The number of benzene rings is 2. The molecule has 10 nitrogen and oxygen atoms in total. The van der Waals surface area contributed by atoms with Crippen molar-refractivity contribution in [3.8, 4) is 23.0 Å². The van der Waals surface area contributed by atoms with E-state index < -0.39 is 42.1 Å². The molecule has 2 heterocycles. The van der Waals surface area contributed by atoms with Crippen LogP contribution < -0.4 is 0 Å². The van der Waals surface area contributed by atoms with Gasteiger partial charge < -0.3 is 25.2 Å². The Morgan fingerprint density at radius 3 is 2.52 bits per heavy atom. The summed E-state index contributed by atoms with van der Waals surface area (Å²) in [6.45, 7) is -0.538. The van der Waals surface area contributed by atoms with E-state index in [2.05, 4.69) is 22.0 Å². The maximum absolute atomic E-state index is 10.9. The predicted molar refractivity (Wildman–Crippen MR) is 109 cm³/mol. The Morgan fingerprint density at radius 1 is 1.10 bits per heavy atom. The zero-order valence-corrected chi connectivity index (χ0v) is 16.0. The molecular formula is C21H19N3O7. The Balaban J connectivity index is 1.70. The number of H-pyrrole nitrogens is 1. The number of aromatic nitrogens is 2. The lowest BCUT2D eigenvalue weighted by molar-refractivity contribution is -0.384. The third-order valence-electron chi connectivity index (χ3n) is 5.20. The van der Waals surface area contributed by atoms with E-state index >= 15 is 0 Å². The number of nitro groups is 1. The smallest absolute Gasteiger partial charge is 0.269 e. The summed E-state index contributed by atoms with van der Waals surface area (Å²) in [6, 6.07) is 9.71. The number of ether oxygens (including phenoxy) is 1. The van der Waals surface area contributed by atoms with E-state index in [9.17, 15) is 30.5 Å². The zero-order valence-electron chi connectivity index (χ0n) is 16.0. The zero-order chi connectivity index (χ0) is 22.1. The van der Waals surface area contributed by atoms with Gasteiger partial charge in [-0.05, 0) is 35.4 Å². The molecule has 0 saturated carbocycles. The molecule has 31 heavy (non-hydrogen) atoms. The standard InChI is InChI=1S/C21H19N3O7/c25-10-17-20(27)21(28)19(26)16(31-17)6-3-12-7-13(8-14-9-22-23-18(12)14)11-1-4-15(5-2-11)24(29)30/h1-2,4-5,7-9,16-17,19-21,25-28H,10H2,(H,22,23)/t16-,17-,19-,20-,21-/m1/s1. The van der Waals surface area contributed by atoms with E-state index in [1.807, 2.05) is 6.07 Å². The minimum absolute atomic E-state index is 0.0178. The first-order chi connectivity index (χ1) is 14.9. The van der Waals surface area contributed by atoms with Gasteiger partial charge in [0.1, 0.15) is 30.5 Å². The monoisotopic (exact) mass is 425 g/mol. The van der Waals surface area contributed by atoms with Crippen LogP contribution in [0.1, 0.15) is 5.56 Å². The Morgan fingerprint density at radius 2 is 1.84 bits per heavy atom. The van der Waals surface area contributed by atoms with Crippen molar-refractivity contribution >= 4 is 16.6 Å². The van der Waals surface area contributed by atoms with Crippen LogP contribution in [0.2, 0.25) is 0 Å². The summed E-state index contributed by atoms with van der Waals surface area (Å²) in [7, 11) is 0. The second kappa shape index (κ2) is 8.43. The highest BCUT2D eigenvalue weighted by Crippen LogP contribution is 2.28. The number of nitrogens with one attached hydrogen (secondary N) is 1. The molecule has 0 spiro atoms. The second-order valence-electron chi connectivity index (χ2n) is 7.18. The SMILES string of the molecule is O=[N+]([O-])c1ccc(-c2cc(C#C[C@H]3O[C@H](CO)[C@@H](O)[C@H](O)[C@@H]3O)c3[nH]ncc3c2)cc1. The minimum atomic E-state index is -1.51. The number of fused-ring (bicyclic) bond motifs is 1. The number of nitro benzene ring substituents is 1. The molecule has 0 amide bonds. The van der Waals surface area contributed by atoms with Crippen molar-refractivity contribution in [2.24, 2.45) is 0 Å². The van der Waals surface area contributed by atoms with Gasteiger partial charge in [-0.1, -0.05) is 11.8 Å². The lowest BCUT2D eigenvalue weighted by Gasteiger charge is -2.37. The van der Waals surface area contributed by atoms with Crippen molar-refractivity contribution in [2.75, 3.05) is 6.61 Å². The van der Waals surface area contributed by atoms with Crippen LogP contribution in [0.5, 0.6) is 0 Å². The van der Waals surface area contributed by atoms with Gasteiger partial charge in [-0.2, -0.15) is 5.10 Å². The fraction of sp³-hybridized carbons (Fsp3) is 0.286. The first-order valence-electron chi connectivity index (χ1n) is 9.43. The van der Waals surface area contributed by atoms with Crippen molar-refractivity contribution in [3.63, 3.8) is 0 Å². The fourth-order valence-electron chi connectivity index (χ4n) is 3.47. The van der Waals surface area contributed by atoms with Crippen LogP contribution in [0.15, 0.2) is 42.6 Å². The Hall–Kier alpha value is -3.33. The summed E-state index contributed by atoms with van der Waals surface area (Å²) >= 11 is 0. The van der Waals surface area contributed by atoms with Crippen LogP contribution in [0.3, 0.4) is 0 Å². The molecule has 1 aliphatic heterocycles. The fourth-order valence-corrected chi connectivity index (χ4v) is 3.47. The van der Waals surface area contributed by atoms with Crippen molar-refractivity contribution in [1.29, 1.82) is 0 Å². The Labute approximate surface area is 175 Å². The summed E-state index contributed by atoms with van der Waals surface area (Å²) in [4.78, 5) is 10.4. The highest BCUT2D eigenvalue weighted by atomic mass is 16.6. The molecule has 0 unspecified atom stereocenters. The van der Waals surface area contributed by atoms with Crippen LogP contribution in [0.25, 0.3) is 22.0 Å². The molecule has 2 aromatic carbocycles. The molecule has 3 aromatic rings. The third kappa shape index (κ3) is 4.00. The van der Waals surface area contributed by atoms with Gasteiger partial charge in [0.05, 0.1) is 28.8 Å².